The molecule has 3 rings (SSSR count). The standard InChI is InChI=1S/C16H22BrN/c17-15-5-2-11(3-6-15)7-14(10-18)16-9-12-1-4-13(16)8-12/h2-3,5-6,12-14,16H,1,4,7-10,18H2. The van der Waals surface area contributed by atoms with Gasteiger partial charge < -0.3 is 5.73 Å². The number of halogens is 1. The van der Waals surface area contributed by atoms with Gasteiger partial charge in [0.05, 0.1) is 0 Å². The van der Waals surface area contributed by atoms with Crippen molar-refractivity contribution in [2.24, 2.45) is 29.4 Å². The van der Waals surface area contributed by atoms with Crippen molar-refractivity contribution in [3.05, 3.63) is 34.3 Å². The predicted octanol–water partition coefficient (Wildman–Crippen LogP) is 4.00. The molecular weight excluding hydrogens is 286 g/mol. The van der Waals surface area contributed by atoms with Gasteiger partial charge in [0.1, 0.15) is 0 Å². The highest BCUT2D eigenvalue weighted by Crippen LogP contribution is 2.51. The molecule has 2 aliphatic carbocycles. The zero-order chi connectivity index (χ0) is 12.5. The highest BCUT2D eigenvalue weighted by molar-refractivity contribution is 9.10. The van der Waals surface area contributed by atoms with Crippen LogP contribution in [0.15, 0.2) is 28.7 Å². The lowest BCUT2D eigenvalue weighted by Gasteiger charge is -2.29. The normalized spacial score (nSPS) is 31.8. The molecule has 4 unspecified atom stereocenters. The molecule has 2 aliphatic rings. The molecule has 0 heterocycles. The van der Waals surface area contributed by atoms with E-state index in [0.717, 1.165) is 35.2 Å². The smallest absolute Gasteiger partial charge is 0.0175 e. The van der Waals surface area contributed by atoms with Crippen molar-refractivity contribution in [3.63, 3.8) is 0 Å². The molecule has 98 valence electrons. The fourth-order valence-corrected chi connectivity index (χ4v) is 4.47. The van der Waals surface area contributed by atoms with E-state index in [1.807, 2.05) is 0 Å². The van der Waals surface area contributed by atoms with Crippen molar-refractivity contribution >= 4 is 15.9 Å². The van der Waals surface area contributed by atoms with Gasteiger partial charge >= 0.3 is 0 Å². The first-order valence-corrected chi connectivity index (χ1v) is 8.00. The third-order valence-electron chi connectivity index (χ3n) is 5.11. The maximum Gasteiger partial charge on any atom is 0.0175 e. The van der Waals surface area contributed by atoms with E-state index in [9.17, 15) is 0 Å². The Balaban J connectivity index is 1.67. The number of nitrogens with two attached hydrogens (primary N) is 1. The molecule has 0 aliphatic heterocycles. The fraction of sp³-hybridized carbons (Fsp3) is 0.625. The summed E-state index contributed by atoms with van der Waals surface area (Å²) < 4.78 is 1.16. The molecule has 1 aromatic rings. The summed E-state index contributed by atoms with van der Waals surface area (Å²) >= 11 is 3.50. The molecule has 2 heteroatoms. The maximum atomic E-state index is 6.05. The Labute approximate surface area is 118 Å². The van der Waals surface area contributed by atoms with Gasteiger partial charge in [0.2, 0.25) is 0 Å². The summed E-state index contributed by atoms with van der Waals surface area (Å²) in [6.07, 6.45) is 7.05. The average molecular weight is 308 g/mol. The van der Waals surface area contributed by atoms with E-state index in [1.165, 1.54) is 31.2 Å². The van der Waals surface area contributed by atoms with Crippen LogP contribution in [0.4, 0.5) is 0 Å². The van der Waals surface area contributed by atoms with E-state index in [-0.39, 0.29) is 0 Å². The fourth-order valence-electron chi connectivity index (χ4n) is 4.20. The van der Waals surface area contributed by atoms with Crippen LogP contribution in [-0.2, 0) is 6.42 Å². The van der Waals surface area contributed by atoms with Gasteiger partial charge in [0, 0.05) is 4.47 Å². The minimum atomic E-state index is 0.696. The van der Waals surface area contributed by atoms with Crippen LogP contribution in [0.5, 0.6) is 0 Å². The lowest BCUT2D eigenvalue weighted by Crippen LogP contribution is -2.29. The maximum absolute atomic E-state index is 6.05. The molecule has 0 radical (unpaired) electrons. The average Bonchev–Trinajstić information content (AvgIpc) is 3.00. The Morgan fingerprint density at radius 2 is 1.94 bits per heavy atom. The van der Waals surface area contributed by atoms with Crippen molar-refractivity contribution in [1.82, 2.24) is 0 Å². The van der Waals surface area contributed by atoms with Crippen molar-refractivity contribution in [1.29, 1.82) is 0 Å². The molecular formula is C16H22BrN. The molecule has 1 aromatic carbocycles. The first-order valence-electron chi connectivity index (χ1n) is 7.20. The Hall–Kier alpha value is -0.340. The molecule has 0 amide bonds. The minimum Gasteiger partial charge on any atom is -0.330 e. The lowest BCUT2D eigenvalue weighted by molar-refractivity contribution is 0.230. The Kier molecular flexibility index (Phi) is 3.76. The first kappa shape index (κ1) is 12.7. The summed E-state index contributed by atoms with van der Waals surface area (Å²) in [6.45, 7) is 0.851. The quantitative estimate of drug-likeness (QED) is 0.894. The van der Waals surface area contributed by atoms with E-state index in [4.69, 9.17) is 5.73 Å². The molecule has 1 nitrogen and oxygen atoms in total. The third-order valence-corrected chi connectivity index (χ3v) is 5.64. The minimum absolute atomic E-state index is 0.696. The highest BCUT2D eigenvalue weighted by atomic mass is 79.9. The zero-order valence-electron chi connectivity index (χ0n) is 10.8. The molecule has 2 bridgehead atoms. The van der Waals surface area contributed by atoms with Crippen molar-refractivity contribution in [2.75, 3.05) is 6.54 Å². The number of hydrogen-bond donors (Lipinski definition) is 1. The first-order chi connectivity index (χ1) is 8.76. The van der Waals surface area contributed by atoms with Crippen LogP contribution in [0, 0.1) is 23.7 Å². The molecule has 0 spiro atoms. The molecule has 0 saturated heterocycles. The Morgan fingerprint density at radius 3 is 2.50 bits per heavy atom. The van der Waals surface area contributed by atoms with E-state index in [2.05, 4.69) is 40.2 Å². The number of hydrogen-bond acceptors (Lipinski definition) is 1. The van der Waals surface area contributed by atoms with Crippen LogP contribution in [0.25, 0.3) is 0 Å². The van der Waals surface area contributed by atoms with Gasteiger partial charge in [-0.2, -0.15) is 0 Å². The molecule has 4 atom stereocenters. The number of fused-ring (bicyclic) bond motifs is 2. The summed E-state index contributed by atoms with van der Waals surface area (Å²) in [5, 5.41) is 0. The van der Waals surface area contributed by atoms with Crippen LogP contribution in [-0.4, -0.2) is 6.54 Å². The van der Waals surface area contributed by atoms with Crippen LogP contribution >= 0.6 is 15.9 Å². The van der Waals surface area contributed by atoms with Gasteiger partial charge in [-0.15, -0.1) is 0 Å². The Bertz CT molecular complexity index is 400. The monoisotopic (exact) mass is 307 g/mol. The van der Waals surface area contributed by atoms with Gasteiger partial charge in [0.15, 0.2) is 0 Å². The van der Waals surface area contributed by atoms with E-state index in [0.29, 0.717) is 5.92 Å². The van der Waals surface area contributed by atoms with Gasteiger partial charge in [-0.05, 0) is 73.6 Å². The van der Waals surface area contributed by atoms with Crippen LogP contribution in [0.2, 0.25) is 0 Å². The molecule has 2 saturated carbocycles. The Morgan fingerprint density at radius 1 is 1.17 bits per heavy atom. The second kappa shape index (κ2) is 5.34. The number of rotatable bonds is 4. The highest BCUT2D eigenvalue weighted by Gasteiger charge is 2.42. The van der Waals surface area contributed by atoms with E-state index in [1.54, 1.807) is 0 Å². The molecule has 0 aromatic heterocycles. The molecule has 18 heavy (non-hydrogen) atoms. The van der Waals surface area contributed by atoms with E-state index < -0.39 is 0 Å². The largest absolute Gasteiger partial charge is 0.330 e. The molecule has 2 N–H and O–H groups in total. The van der Waals surface area contributed by atoms with Crippen LogP contribution in [0.1, 0.15) is 31.2 Å². The zero-order valence-corrected chi connectivity index (χ0v) is 12.4. The number of benzene rings is 1. The summed E-state index contributed by atoms with van der Waals surface area (Å²) in [6, 6.07) is 8.76. The van der Waals surface area contributed by atoms with Crippen molar-refractivity contribution in [2.45, 2.75) is 32.1 Å². The van der Waals surface area contributed by atoms with Gasteiger partial charge in [-0.3, -0.25) is 0 Å². The summed E-state index contributed by atoms with van der Waals surface area (Å²) in [4.78, 5) is 0. The lowest BCUT2D eigenvalue weighted by atomic mass is 9.77. The summed E-state index contributed by atoms with van der Waals surface area (Å²) in [5.41, 5.74) is 7.49. The summed E-state index contributed by atoms with van der Waals surface area (Å²) in [5.74, 6) is 3.61. The van der Waals surface area contributed by atoms with Gasteiger partial charge in [-0.25, -0.2) is 0 Å². The third kappa shape index (κ3) is 2.50. The molecule has 2 fully saturated rings. The van der Waals surface area contributed by atoms with Crippen LogP contribution in [0.3, 0.4) is 0 Å². The van der Waals surface area contributed by atoms with Crippen molar-refractivity contribution in [3.8, 4) is 0 Å². The second-order valence-electron chi connectivity index (χ2n) is 6.17. The SMILES string of the molecule is NCC(Cc1ccc(Br)cc1)C1CC2CCC1C2. The predicted molar refractivity (Wildman–Crippen MR) is 79.3 cm³/mol. The summed E-state index contributed by atoms with van der Waals surface area (Å²) in [7, 11) is 0. The second-order valence-corrected chi connectivity index (χ2v) is 7.08. The van der Waals surface area contributed by atoms with Crippen molar-refractivity contribution < 1.29 is 0 Å². The van der Waals surface area contributed by atoms with Gasteiger partial charge in [0.25, 0.3) is 0 Å². The van der Waals surface area contributed by atoms with Gasteiger partial charge in [-0.1, -0.05) is 34.5 Å². The topological polar surface area (TPSA) is 26.0 Å². The van der Waals surface area contributed by atoms with E-state index >= 15 is 0 Å². The van der Waals surface area contributed by atoms with Crippen LogP contribution < -0.4 is 5.73 Å².